The van der Waals surface area contributed by atoms with Crippen molar-refractivity contribution in [2.24, 2.45) is 0 Å². The molecule has 6 nitrogen and oxygen atoms in total. The maximum absolute atomic E-state index is 12.6. The highest BCUT2D eigenvalue weighted by molar-refractivity contribution is 6.33. The number of ether oxygens (including phenoxy) is 1. The van der Waals surface area contributed by atoms with Gasteiger partial charge >= 0.3 is 6.03 Å². The molecule has 25 heavy (non-hydrogen) atoms. The van der Waals surface area contributed by atoms with Crippen LogP contribution in [0, 0.1) is 0 Å². The Balaban J connectivity index is 1.71. The fourth-order valence-electron chi connectivity index (χ4n) is 2.85. The summed E-state index contributed by atoms with van der Waals surface area (Å²) < 4.78 is 5.27. The van der Waals surface area contributed by atoms with E-state index in [1.165, 1.54) is 5.57 Å². The Kier molecular flexibility index (Phi) is 5.60. The molecule has 2 aliphatic heterocycles. The van der Waals surface area contributed by atoms with E-state index in [-0.39, 0.29) is 11.9 Å². The minimum absolute atomic E-state index is 0.0769. The second-order valence-corrected chi connectivity index (χ2v) is 6.68. The first-order valence-electron chi connectivity index (χ1n) is 8.43. The van der Waals surface area contributed by atoms with E-state index in [1.807, 2.05) is 6.08 Å². The molecular weight excluding hydrogens is 342 g/mol. The van der Waals surface area contributed by atoms with Crippen molar-refractivity contribution >= 4 is 29.2 Å². The zero-order valence-corrected chi connectivity index (χ0v) is 15.0. The zero-order chi connectivity index (χ0) is 17.8. The van der Waals surface area contributed by atoms with Crippen LogP contribution in [0.15, 0.2) is 29.8 Å². The quantitative estimate of drug-likeness (QED) is 0.822. The summed E-state index contributed by atoms with van der Waals surface area (Å²) in [5, 5.41) is 3.24. The van der Waals surface area contributed by atoms with Crippen molar-refractivity contribution < 1.29 is 14.3 Å². The second kappa shape index (κ2) is 7.89. The highest BCUT2D eigenvalue weighted by Gasteiger charge is 2.21. The number of halogens is 1. The van der Waals surface area contributed by atoms with Crippen molar-refractivity contribution in [3.05, 3.63) is 40.4 Å². The van der Waals surface area contributed by atoms with Crippen LogP contribution in [0.1, 0.15) is 23.7 Å². The summed E-state index contributed by atoms with van der Waals surface area (Å²) in [4.78, 5) is 28.5. The van der Waals surface area contributed by atoms with Crippen LogP contribution in [0.4, 0.5) is 10.5 Å². The first-order valence-corrected chi connectivity index (χ1v) is 8.80. The summed E-state index contributed by atoms with van der Waals surface area (Å²) in [5.41, 5.74) is 2.26. The molecule has 0 aliphatic carbocycles. The Labute approximate surface area is 152 Å². The standard InChI is InChI=1S/C18H22ClN3O3/c1-13-4-6-22(7-5-13)18(24)20-16-12-14(2-3-15(16)19)17(23)21-8-10-25-11-9-21/h2-4,12H,5-11H2,1H3,(H,20,24). The molecule has 2 heterocycles. The lowest BCUT2D eigenvalue weighted by atomic mass is 10.1. The van der Waals surface area contributed by atoms with E-state index in [1.54, 1.807) is 28.0 Å². The summed E-state index contributed by atoms with van der Waals surface area (Å²) in [6.45, 7) is 5.56. The minimum Gasteiger partial charge on any atom is -0.378 e. The third kappa shape index (κ3) is 4.32. The van der Waals surface area contributed by atoms with E-state index < -0.39 is 0 Å². The molecule has 0 aromatic heterocycles. The van der Waals surface area contributed by atoms with E-state index in [9.17, 15) is 9.59 Å². The number of anilines is 1. The van der Waals surface area contributed by atoms with Crippen molar-refractivity contribution in [3.8, 4) is 0 Å². The Bertz CT molecular complexity index is 699. The molecule has 0 bridgehead atoms. The lowest BCUT2D eigenvalue weighted by Gasteiger charge is -2.27. The molecule has 3 amide bonds. The molecule has 0 spiro atoms. The summed E-state index contributed by atoms with van der Waals surface area (Å²) in [7, 11) is 0. The highest BCUT2D eigenvalue weighted by Crippen LogP contribution is 2.25. The molecule has 0 unspecified atom stereocenters. The molecular formula is C18H22ClN3O3. The molecule has 134 valence electrons. The number of carbonyl (C=O) groups is 2. The van der Waals surface area contributed by atoms with Gasteiger partial charge in [-0.25, -0.2) is 4.79 Å². The Morgan fingerprint density at radius 3 is 2.60 bits per heavy atom. The topological polar surface area (TPSA) is 61.9 Å². The third-order valence-electron chi connectivity index (χ3n) is 4.48. The first-order chi connectivity index (χ1) is 12.0. The van der Waals surface area contributed by atoms with Gasteiger partial charge in [-0.05, 0) is 31.5 Å². The molecule has 1 aromatic rings. The maximum Gasteiger partial charge on any atom is 0.322 e. The molecule has 1 saturated heterocycles. The van der Waals surface area contributed by atoms with Crippen molar-refractivity contribution in [2.75, 3.05) is 44.7 Å². The number of carbonyl (C=O) groups excluding carboxylic acids is 2. The van der Waals surface area contributed by atoms with E-state index in [0.717, 1.165) is 6.42 Å². The average molecular weight is 364 g/mol. The molecule has 1 N–H and O–H groups in total. The van der Waals surface area contributed by atoms with Crippen molar-refractivity contribution in [1.29, 1.82) is 0 Å². The number of nitrogens with one attached hydrogen (secondary N) is 1. The normalized spacial score (nSPS) is 17.9. The summed E-state index contributed by atoms with van der Waals surface area (Å²) >= 11 is 6.20. The fourth-order valence-corrected chi connectivity index (χ4v) is 3.02. The number of hydrogen-bond donors (Lipinski definition) is 1. The average Bonchev–Trinajstić information content (AvgIpc) is 2.64. The molecule has 0 saturated carbocycles. The zero-order valence-electron chi connectivity index (χ0n) is 14.3. The number of morpholine rings is 1. The van der Waals surface area contributed by atoms with Gasteiger partial charge in [0.1, 0.15) is 0 Å². The smallest absolute Gasteiger partial charge is 0.322 e. The summed E-state index contributed by atoms with van der Waals surface area (Å²) in [6, 6.07) is 4.76. The van der Waals surface area contributed by atoms with E-state index >= 15 is 0 Å². The number of rotatable bonds is 2. The van der Waals surface area contributed by atoms with Crippen LogP contribution in [-0.2, 0) is 4.74 Å². The van der Waals surface area contributed by atoms with Gasteiger partial charge in [0.15, 0.2) is 0 Å². The third-order valence-corrected chi connectivity index (χ3v) is 4.81. The first kappa shape index (κ1) is 17.8. The molecule has 0 radical (unpaired) electrons. The van der Waals surface area contributed by atoms with Crippen molar-refractivity contribution in [1.82, 2.24) is 9.80 Å². The summed E-state index contributed by atoms with van der Waals surface area (Å²) in [6.07, 6.45) is 2.92. The number of hydrogen-bond acceptors (Lipinski definition) is 3. The molecule has 2 aliphatic rings. The monoisotopic (exact) mass is 363 g/mol. The lowest BCUT2D eigenvalue weighted by Crippen LogP contribution is -2.40. The van der Waals surface area contributed by atoms with Gasteiger partial charge in [0.2, 0.25) is 0 Å². The van der Waals surface area contributed by atoms with Gasteiger partial charge < -0.3 is 19.9 Å². The van der Waals surface area contributed by atoms with Gasteiger partial charge in [0, 0.05) is 31.7 Å². The summed E-state index contributed by atoms with van der Waals surface area (Å²) in [5.74, 6) is -0.0769. The Hall–Kier alpha value is -2.05. The van der Waals surface area contributed by atoms with Crippen LogP contribution in [0.2, 0.25) is 5.02 Å². The number of benzene rings is 1. The van der Waals surface area contributed by atoms with Crippen LogP contribution >= 0.6 is 11.6 Å². The number of urea groups is 1. The lowest BCUT2D eigenvalue weighted by molar-refractivity contribution is 0.0303. The SMILES string of the molecule is CC1=CCN(C(=O)Nc2cc(C(=O)N3CCOCC3)ccc2Cl)CC1. The second-order valence-electron chi connectivity index (χ2n) is 6.28. The Morgan fingerprint density at radius 1 is 1.16 bits per heavy atom. The van der Waals surface area contributed by atoms with Gasteiger partial charge in [-0.1, -0.05) is 23.3 Å². The molecule has 7 heteroatoms. The van der Waals surface area contributed by atoms with Crippen molar-refractivity contribution in [3.63, 3.8) is 0 Å². The maximum atomic E-state index is 12.6. The van der Waals surface area contributed by atoms with E-state index in [4.69, 9.17) is 16.3 Å². The van der Waals surface area contributed by atoms with Gasteiger partial charge in [-0.15, -0.1) is 0 Å². The van der Waals surface area contributed by atoms with Gasteiger partial charge in [0.05, 0.1) is 23.9 Å². The largest absolute Gasteiger partial charge is 0.378 e. The van der Waals surface area contributed by atoms with Crippen LogP contribution in [-0.4, -0.2) is 61.1 Å². The molecule has 1 fully saturated rings. The number of amides is 3. The van der Waals surface area contributed by atoms with Crippen LogP contribution < -0.4 is 5.32 Å². The molecule has 0 atom stereocenters. The number of nitrogens with zero attached hydrogens (tertiary/aromatic N) is 2. The van der Waals surface area contributed by atoms with Gasteiger partial charge in [0.25, 0.3) is 5.91 Å². The van der Waals surface area contributed by atoms with Crippen LogP contribution in [0.25, 0.3) is 0 Å². The Morgan fingerprint density at radius 2 is 1.92 bits per heavy atom. The predicted octanol–water partition coefficient (Wildman–Crippen LogP) is 3.00. The molecule has 1 aromatic carbocycles. The van der Waals surface area contributed by atoms with Crippen molar-refractivity contribution in [2.45, 2.75) is 13.3 Å². The van der Waals surface area contributed by atoms with E-state index in [2.05, 4.69) is 12.2 Å². The van der Waals surface area contributed by atoms with E-state index in [0.29, 0.717) is 55.7 Å². The highest BCUT2D eigenvalue weighted by atomic mass is 35.5. The fraction of sp³-hybridized carbons (Fsp3) is 0.444. The van der Waals surface area contributed by atoms with Gasteiger partial charge in [-0.2, -0.15) is 0 Å². The predicted molar refractivity (Wildman–Crippen MR) is 97.1 cm³/mol. The molecule has 3 rings (SSSR count). The van der Waals surface area contributed by atoms with Gasteiger partial charge in [-0.3, -0.25) is 4.79 Å². The minimum atomic E-state index is -0.207. The van der Waals surface area contributed by atoms with Crippen LogP contribution in [0.3, 0.4) is 0 Å². The van der Waals surface area contributed by atoms with Crippen LogP contribution in [0.5, 0.6) is 0 Å².